The van der Waals surface area contributed by atoms with E-state index in [9.17, 15) is 8.42 Å². The average molecular weight is 292 g/mol. The molecule has 1 heterocycles. The maximum Gasteiger partial charge on any atom is 0.281 e. The predicted molar refractivity (Wildman–Crippen MR) is 78.8 cm³/mol. The lowest BCUT2D eigenvalue weighted by Crippen LogP contribution is -2.19. The fourth-order valence-electron chi connectivity index (χ4n) is 1.75. The third-order valence-corrected chi connectivity index (χ3v) is 4.14. The molecule has 0 fully saturated rings. The Morgan fingerprint density at radius 1 is 1.15 bits per heavy atom. The van der Waals surface area contributed by atoms with Gasteiger partial charge >= 0.3 is 0 Å². The van der Waals surface area contributed by atoms with Gasteiger partial charge in [-0.1, -0.05) is 12.1 Å². The van der Waals surface area contributed by atoms with Crippen LogP contribution < -0.4 is 16.0 Å². The van der Waals surface area contributed by atoms with Crippen molar-refractivity contribution in [1.82, 2.24) is 4.98 Å². The number of sulfonamides is 1. The molecule has 0 spiro atoms. The van der Waals surface area contributed by atoms with Gasteiger partial charge in [-0.25, -0.2) is 4.98 Å². The summed E-state index contributed by atoms with van der Waals surface area (Å²) in [5.41, 5.74) is 4.89. The highest BCUT2D eigenvalue weighted by Gasteiger charge is 2.20. The van der Waals surface area contributed by atoms with Crippen molar-refractivity contribution in [1.29, 1.82) is 0 Å². The van der Waals surface area contributed by atoms with Gasteiger partial charge < -0.3 is 5.43 Å². The number of hydrogen-bond acceptors (Lipinski definition) is 5. The number of pyridine rings is 1. The van der Waals surface area contributed by atoms with Crippen LogP contribution in [0.2, 0.25) is 0 Å². The Bertz CT molecular complexity index is 729. The average Bonchev–Trinajstić information content (AvgIpc) is 2.42. The molecule has 106 valence electrons. The smallest absolute Gasteiger partial charge is 0.281 e. The molecule has 2 rings (SSSR count). The standard InChI is InChI=1S/C13H16N4O2S/c1-9-5-6-10(2)12(8-9)17-20(18,19)13-11(16-14)4-3-7-15-13/h3-8,16-17H,14H2,1-2H3. The minimum atomic E-state index is -3.80. The van der Waals surface area contributed by atoms with Crippen LogP contribution in [0.3, 0.4) is 0 Å². The summed E-state index contributed by atoms with van der Waals surface area (Å²) in [6, 6.07) is 8.69. The second kappa shape index (κ2) is 5.48. The molecule has 0 unspecified atom stereocenters. The van der Waals surface area contributed by atoms with Crippen LogP contribution >= 0.6 is 0 Å². The molecule has 2 aromatic rings. The first-order valence-electron chi connectivity index (χ1n) is 5.96. The van der Waals surface area contributed by atoms with Gasteiger partial charge in [-0.15, -0.1) is 0 Å². The normalized spacial score (nSPS) is 11.2. The molecule has 0 amide bonds. The molecule has 1 aromatic heterocycles. The molecule has 1 aromatic carbocycles. The monoisotopic (exact) mass is 292 g/mol. The van der Waals surface area contributed by atoms with Gasteiger partial charge in [0.25, 0.3) is 10.0 Å². The summed E-state index contributed by atoms with van der Waals surface area (Å²) in [6.07, 6.45) is 1.40. The molecule has 0 atom stereocenters. The van der Waals surface area contributed by atoms with E-state index in [2.05, 4.69) is 15.1 Å². The van der Waals surface area contributed by atoms with Crippen LogP contribution in [0.15, 0.2) is 41.6 Å². The Morgan fingerprint density at radius 2 is 1.90 bits per heavy atom. The van der Waals surface area contributed by atoms with E-state index in [-0.39, 0.29) is 10.7 Å². The van der Waals surface area contributed by atoms with Crippen molar-refractivity contribution in [2.75, 3.05) is 10.1 Å². The van der Waals surface area contributed by atoms with E-state index in [0.717, 1.165) is 11.1 Å². The number of aryl methyl sites for hydroxylation is 2. The molecule has 0 saturated carbocycles. The Morgan fingerprint density at radius 3 is 2.60 bits per heavy atom. The van der Waals surface area contributed by atoms with Crippen molar-refractivity contribution in [3.8, 4) is 0 Å². The lowest BCUT2D eigenvalue weighted by Gasteiger charge is -2.13. The zero-order valence-electron chi connectivity index (χ0n) is 11.2. The molecule has 4 N–H and O–H groups in total. The van der Waals surface area contributed by atoms with E-state index in [1.165, 1.54) is 6.20 Å². The molecule has 0 aliphatic carbocycles. The summed E-state index contributed by atoms with van der Waals surface area (Å²) in [5.74, 6) is 5.31. The van der Waals surface area contributed by atoms with Crippen molar-refractivity contribution >= 4 is 21.4 Å². The number of anilines is 2. The fourth-order valence-corrected chi connectivity index (χ4v) is 2.98. The maximum absolute atomic E-state index is 12.4. The molecule has 0 bridgehead atoms. The summed E-state index contributed by atoms with van der Waals surface area (Å²) in [6.45, 7) is 3.72. The lowest BCUT2D eigenvalue weighted by atomic mass is 10.1. The van der Waals surface area contributed by atoms with Crippen LogP contribution in [0, 0.1) is 13.8 Å². The zero-order chi connectivity index (χ0) is 14.8. The maximum atomic E-state index is 12.4. The third kappa shape index (κ3) is 2.89. The highest BCUT2D eigenvalue weighted by atomic mass is 32.2. The Balaban J connectivity index is 2.43. The fraction of sp³-hybridized carbons (Fsp3) is 0.154. The molecular weight excluding hydrogens is 276 g/mol. The molecular formula is C13H16N4O2S. The van der Waals surface area contributed by atoms with Crippen LogP contribution in [0.5, 0.6) is 0 Å². The summed E-state index contributed by atoms with van der Waals surface area (Å²) >= 11 is 0. The number of nitrogens with two attached hydrogens (primary N) is 1. The molecule has 0 aliphatic heterocycles. The number of hydrogen-bond donors (Lipinski definition) is 3. The van der Waals surface area contributed by atoms with Crippen LogP contribution in [0.4, 0.5) is 11.4 Å². The first kappa shape index (κ1) is 14.3. The number of nitrogen functional groups attached to an aromatic ring is 1. The number of nitrogens with one attached hydrogen (secondary N) is 2. The van der Waals surface area contributed by atoms with Gasteiger partial charge in [0.1, 0.15) is 0 Å². The van der Waals surface area contributed by atoms with E-state index >= 15 is 0 Å². The number of hydrazine groups is 1. The molecule has 0 radical (unpaired) electrons. The minimum absolute atomic E-state index is 0.136. The number of nitrogens with zero attached hydrogens (tertiary/aromatic N) is 1. The highest BCUT2D eigenvalue weighted by molar-refractivity contribution is 7.92. The second-order valence-electron chi connectivity index (χ2n) is 4.42. The van der Waals surface area contributed by atoms with Crippen molar-refractivity contribution < 1.29 is 8.42 Å². The minimum Gasteiger partial charge on any atom is -0.321 e. The van der Waals surface area contributed by atoms with E-state index in [4.69, 9.17) is 5.84 Å². The van der Waals surface area contributed by atoms with E-state index in [1.54, 1.807) is 18.2 Å². The van der Waals surface area contributed by atoms with Crippen LogP contribution in [0.25, 0.3) is 0 Å². The Labute approximate surface area is 118 Å². The van der Waals surface area contributed by atoms with Gasteiger partial charge in [-0.3, -0.25) is 10.6 Å². The molecule has 7 heteroatoms. The summed E-state index contributed by atoms with van der Waals surface area (Å²) < 4.78 is 27.3. The molecule has 0 aliphatic rings. The molecule has 6 nitrogen and oxygen atoms in total. The summed E-state index contributed by atoms with van der Waals surface area (Å²) in [7, 11) is -3.80. The SMILES string of the molecule is Cc1ccc(C)c(NS(=O)(=O)c2ncccc2NN)c1. The van der Waals surface area contributed by atoms with Crippen molar-refractivity contribution in [2.45, 2.75) is 18.9 Å². The quantitative estimate of drug-likeness (QED) is 0.589. The van der Waals surface area contributed by atoms with Gasteiger partial charge in [-0.05, 0) is 43.2 Å². The van der Waals surface area contributed by atoms with Crippen molar-refractivity contribution in [3.05, 3.63) is 47.7 Å². The zero-order valence-corrected chi connectivity index (χ0v) is 12.0. The first-order valence-corrected chi connectivity index (χ1v) is 7.44. The third-order valence-electron chi connectivity index (χ3n) is 2.82. The highest BCUT2D eigenvalue weighted by Crippen LogP contribution is 2.23. The lowest BCUT2D eigenvalue weighted by molar-refractivity contribution is 0.598. The van der Waals surface area contributed by atoms with Crippen molar-refractivity contribution in [2.24, 2.45) is 5.84 Å². The van der Waals surface area contributed by atoms with Crippen LogP contribution in [-0.2, 0) is 10.0 Å². The van der Waals surface area contributed by atoms with Crippen LogP contribution in [-0.4, -0.2) is 13.4 Å². The number of rotatable bonds is 4. The van der Waals surface area contributed by atoms with E-state index in [1.807, 2.05) is 26.0 Å². The van der Waals surface area contributed by atoms with E-state index < -0.39 is 10.0 Å². The topological polar surface area (TPSA) is 97.1 Å². The van der Waals surface area contributed by atoms with Gasteiger partial charge in [0.2, 0.25) is 5.03 Å². The molecule has 0 saturated heterocycles. The summed E-state index contributed by atoms with van der Waals surface area (Å²) in [5, 5.41) is -0.136. The van der Waals surface area contributed by atoms with Crippen molar-refractivity contribution in [3.63, 3.8) is 0 Å². The van der Waals surface area contributed by atoms with Gasteiger partial charge in [0.05, 0.1) is 11.4 Å². The van der Waals surface area contributed by atoms with Gasteiger partial charge in [-0.2, -0.15) is 8.42 Å². The largest absolute Gasteiger partial charge is 0.321 e. The number of aromatic nitrogens is 1. The van der Waals surface area contributed by atoms with Gasteiger partial charge in [0.15, 0.2) is 0 Å². The number of benzene rings is 1. The first-order chi connectivity index (χ1) is 9.44. The van der Waals surface area contributed by atoms with E-state index in [0.29, 0.717) is 5.69 Å². The summed E-state index contributed by atoms with van der Waals surface area (Å²) in [4.78, 5) is 3.88. The Kier molecular flexibility index (Phi) is 3.91. The molecule has 20 heavy (non-hydrogen) atoms. The van der Waals surface area contributed by atoms with Crippen LogP contribution in [0.1, 0.15) is 11.1 Å². The Hall–Kier alpha value is -2.12. The second-order valence-corrected chi connectivity index (χ2v) is 6.02. The van der Waals surface area contributed by atoms with Gasteiger partial charge in [0, 0.05) is 6.20 Å². The predicted octanol–water partition coefficient (Wildman–Crippen LogP) is 1.78.